The molecule has 1 aliphatic rings. The van der Waals surface area contributed by atoms with E-state index in [1.54, 1.807) is 0 Å². The Hall–Kier alpha value is -2.43. The van der Waals surface area contributed by atoms with Crippen LogP contribution in [0.15, 0.2) is 30.6 Å². The molecule has 0 saturated heterocycles. The van der Waals surface area contributed by atoms with Crippen molar-refractivity contribution in [1.82, 2.24) is 9.97 Å². The fraction of sp³-hybridized carbons (Fsp3) is 0.476. The number of rotatable bonds is 5. The van der Waals surface area contributed by atoms with Crippen LogP contribution >= 0.6 is 0 Å². The molecule has 1 heterocycles. The molecule has 5 nitrogen and oxygen atoms in total. The van der Waals surface area contributed by atoms with Gasteiger partial charge in [-0.05, 0) is 45.2 Å². The van der Waals surface area contributed by atoms with Gasteiger partial charge in [-0.1, -0.05) is 37.0 Å². The number of carbonyl (C=O) groups is 1. The summed E-state index contributed by atoms with van der Waals surface area (Å²) in [6, 6.07) is 8.32. The van der Waals surface area contributed by atoms with E-state index < -0.39 is 0 Å². The Balaban J connectivity index is 1.78. The molecule has 3 rings (SSSR count). The van der Waals surface area contributed by atoms with Gasteiger partial charge in [0.2, 0.25) is 0 Å². The van der Waals surface area contributed by atoms with Gasteiger partial charge in [0.1, 0.15) is 17.8 Å². The zero-order chi connectivity index (χ0) is 18.5. The van der Waals surface area contributed by atoms with Crippen LogP contribution in [0.3, 0.4) is 0 Å². The van der Waals surface area contributed by atoms with Gasteiger partial charge in [0.25, 0.3) is 5.91 Å². The number of hydrogen-bond acceptors (Lipinski definition) is 4. The molecule has 1 N–H and O–H groups in total. The van der Waals surface area contributed by atoms with Crippen molar-refractivity contribution in [1.29, 1.82) is 0 Å². The molecule has 1 aromatic heterocycles. The van der Waals surface area contributed by atoms with Crippen molar-refractivity contribution in [2.75, 3.05) is 16.8 Å². The number of carbonyl (C=O) groups excluding carboxylic acids is 1. The summed E-state index contributed by atoms with van der Waals surface area (Å²) in [6.45, 7) is 7.07. The van der Waals surface area contributed by atoms with Crippen LogP contribution in [0.25, 0.3) is 0 Å². The molecular formula is C21H28N4O. The van der Waals surface area contributed by atoms with Crippen molar-refractivity contribution in [2.24, 2.45) is 0 Å². The van der Waals surface area contributed by atoms with E-state index in [1.165, 1.54) is 44.0 Å². The van der Waals surface area contributed by atoms with E-state index in [0.717, 1.165) is 23.6 Å². The van der Waals surface area contributed by atoms with Crippen LogP contribution in [-0.2, 0) is 0 Å². The van der Waals surface area contributed by atoms with Crippen LogP contribution in [-0.4, -0.2) is 28.5 Å². The standard InChI is InChI=1S/C21H28N4O/c1-4-25(17-8-6-5-7-9-17)20-13-19(22-14-23-20)21(26)24-18-11-10-15(2)12-16(18)3/h10-14,17H,4-9H2,1-3H3,(H,24,26). The van der Waals surface area contributed by atoms with Crippen molar-refractivity contribution in [3.63, 3.8) is 0 Å². The molecule has 1 amide bonds. The molecule has 2 aromatic rings. The summed E-state index contributed by atoms with van der Waals surface area (Å²) >= 11 is 0. The topological polar surface area (TPSA) is 58.1 Å². The molecular weight excluding hydrogens is 324 g/mol. The number of nitrogens with zero attached hydrogens (tertiary/aromatic N) is 3. The lowest BCUT2D eigenvalue weighted by molar-refractivity contribution is 0.102. The minimum atomic E-state index is -0.194. The second kappa shape index (κ2) is 8.30. The van der Waals surface area contributed by atoms with Crippen molar-refractivity contribution >= 4 is 17.4 Å². The number of amides is 1. The molecule has 0 atom stereocenters. The largest absolute Gasteiger partial charge is 0.354 e. The van der Waals surface area contributed by atoms with E-state index in [-0.39, 0.29) is 5.91 Å². The lowest BCUT2D eigenvalue weighted by atomic mass is 9.94. The number of anilines is 2. The molecule has 1 fully saturated rings. The first kappa shape index (κ1) is 18.4. The summed E-state index contributed by atoms with van der Waals surface area (Å²) in [4.78, 5) is 23.6. The fourth-order valence-electron chi connectivity index (χ4n) is 3.77. The Morgan fingerprint density at radius 1 is 1.15 bits per heavy atom. The fourth-order valence-corrected chi connectivity index (χ4v) is 3.77. The van der Waals surface area contributed by atoms with Gasteiger partial charge in [-0.3, -0.25) is 4.79 Å². The first-order chi connectivity index (χ1) is 12.6. The third kappa shape index (κ3) is 4.21. The number of hydrogen-bond donors (Lipinski definition) is 1. The SMILES string of the molecule is CCN(c1cc(C(=O)Nc2ccc(C)cc2C)ncn1)C1CCCCC1. The van der Waals surface area contributed by atoms with Crippen LogP contribution in [0.5, 0.6) is 0 Å². The van der Waals surface area contributed by atoms with Gasteiger partial charge < -0.3 is 10.2 Å². The maximum absolute atomic E-state index is 12.7. The molecule has 0 unspecified atom stereocenters. The Morgan fingerprint density at radius 3 is 2.62 bits per heavy atom. The highest BCUT2D eigenvalue weighted by molar-refractivity contribution is 6.03. The van der Waals surface area contributed by atoms with E-state index in [4.69, 9.17) is 0 Å². The minimum Gasteiger partial charge on any atom is -0.354 e. The maximum Gasteiger partial charge on any atom is 0.274 e. The average molecular weight is 352 g/mol. The van der Waals surface area contributed by atoms with E-state index in [2.05, 4.69) is 33.2 Å². The third-order valence-electron chi connectivity index (χ3n) is 5.17. The third-order valence-corrected chi connectivity index (χ3v) is 5.17. The second-order valence-corrected chi connectivity index (χ2v) is 7.11. The zero-order valence-electron chi connectivity index (χ0n) is 16.0. The highest BCUT2D eigenvalue weighted by Gasteiger charge is 2.22. The molecule has 0 aliphatic heterocycles. The Morgan fingerprint density at radius 2 is 1.92 bits per heavy atom. The molecule has 26 heavy (non-hydrogen) atoms. The molecule has 138 valence electrons. The number of aryl methyl sites for hydroxylation is 2. The van der Waals surface area contributed by atoms with Crippen LogP contribution < -0.4 is 10.2 Å². The molecule has 0 bridgehead atoms. The van der Waals surface area contributed by atoms with Gasteiger partial charge in [0, 0.05) is 24.3 Å². The molecule has 1 aliphatic carbocycles. The summed E-state index contributed by atoms with van der Waals surface area (Å²) in [5.41, 5.74) is 3.45. The first-order valence-electron chi connectivity index (χ1n) is 9.55. The second-order valence-electron chi connectivity index (χ2n) is 7.11. The van der Waals surface area contributed by atoms with Gasteiger partial charge in [0.05, 0.1) is 0 Å². The maximum atomic E-state index is 12.7. The van der Waals surface area contributed by atoms with Crippen LogP contribution in [0.4, 0.5) is 11.5 Å². The molecule has 5 heteroatoms. The quantitative estimate of drug-likeness (QED) is 0.860. The van der Waals surface area contributed by atoms with E-state index >= 15 is 0 Å². The van der Waals surface area contributed by atoms with Crippen molar-refractivity contribution < 1.29 is 4.79 Å². The summed E-state index contributed by atoms with van der Waals surface area (Å²) in [6.07, 6.45) is 7.75. The lowest BCUT2D eigenvalue weighted by Gasteiger charge is -2.34. The number of nitrogens with one attached hydrogen (secondary N) is 1. The summed E-state index contributed by atoms with van der Waals surface area (Å²) in [5.74, 6) is 0.653. The molecule has 1 aromatic carbocycles. The van der Waals surface area contributed by atoms with E-state index in [1.807, 2.05) is 32.0 Å². The normalized spacial score (nSPS) is 14.9. The predicted molar refractivity (Wildman–Crippen MR) is 106 cm³/mol. The predicted octanol–water partition coefficient (Wildman–Crippen LogP) is 4.50. The minimum absolute atomic E-state index is 0.194. The number of aromatic nitrogens is 2. The summed E-state index contributed by atoms with van der Waals surface area (Å²) in [7, 11) is 0. The number of benzene rings is 1. The highest BCUT2D eigenvalue weighted by Crippen LogP contribution is 2.26. The van der Waals surface area contributed by atoms with Crippen molar-refractivity contribution in [2.45, 2.75) is 58.9 Å². The lowest BCUT2D eigenvalue weighted by Crippen LogP contribution is -2.37. The molecule has 1 saturated carbocycles. The summed E-state index contributed by atoms with van der Waals surface area (Å²) in [5, 5.41) is 2.97. The summed E-state index contributed by atoms with van der Waals surface area (Å²) < 4.78 is 0. The Labute approximate surface area is 155 Å². The highest BCUT2D eigenvalue weighted by atomic mass is 16.1. The van der Waals surface area contributed by atoms with Gasteiger partial charge >= 0.3 is 0 Å². The van der Waals surface area contributed by atoms with E-state index in [9.17, 15) is 4.79 Å². The smallest absolute Gasteiger partial charge is 0.274 e. The zero-order valence-corrected chi connectivity index (χ0v) is 16.0. The van der Waals surface area contributed by atoms with Crippen LogP contribution in [0.1, 0.15) is 60.6 Å². The van der Waals surface area contributed by atoms with Crippen molar-refractivity contribution in [3.05, 3.63) is 47.4 Å². The van der Waals surface area contributed by atoms with Crippen molar-refractivity contribution in [3.8, 4) is 0 Å². The Kier molecular flexibility index (Phi) is 5.86. The monoisotopic (exact) mass is 352 g/mol. The van der Waals surface area contributed by atoms with Crippen LogP contribution in [0.2, 0.25) is 0 Å². The van der Waals surface area contributed by atoms with Gasteiger partial charge in [-0.25, -0.2) is 9.97 Å². The molecule has 0 radical (unpaired) electrons. The van der Waals surface area contributed by atoms with Crippen LogP contribution in [0, 0.1) is 13.8 Å². The molecule has 0 spiro atoms. The average Bonchev–Trinajstić information content (AvgIpc) is 2.66. The first-order valence-corrected chi connectivity index (χ1v) is 9.55. The Bertz CT molecular complexity index is 768. The van der Waals surface area contributed by atoms with Gasteiger partial charge in [-0.2, -0.15) is 0 Å². The van der Waals surface area contributed by atoms with Gasteiger partial charge in [-0.15, -0.1) is 0 Å². The van der Waals surface area contributed by atoms with E-state index in [0.29, 0.717) is 11.7 Å². The van der Waals surface area contributed by atoms with Gasteiger partial charge in [0.15, 0.2) is 0 Å².